The van der Waals surface area contributed by atoms with E-state index in [9.17, 15) is 9.18 Å². The van der Waals surface area contributed by atoms with Gasteiger partial charge in [-0.05, 0) is 35.2 Å². The summed E-state index contributed by atoms with van der Waals surface area (Å²) in [6, 6.07) is 14.6. The highest BCUT2D eigenvalue weighted by molar-refractivity contribution is 5.89. The van der Waals surface area contributed by atoms with Gasteiger partial charge >= 0.3 is 6.03 Å². The number of anilines is 2. The second kappa shape index (κ2) is 7.36. The number of hydrogen-bond donors (Lipinski definition) is 1. The van der Waals surface area contributed by atoms with Crippen LogP contribution in [0.3, 0.4) is 0 Å². The maximum Gasteiger partial charge on any atom is 0.321 e. The molecule has 1 aliphatic rings. The number of para-hydroxylation sites is 1. The molecule has 0 spiro atoms. The topological polar surface area (TPSA) is 35.6 Å². The predicted molar refractivity (Wildman–Crippen MR) is 104 cm³/mol. The van der Waals surface area contributed by atoms with Crippen molar-refractivity contribution < 1.29 is 9.18 Å². The normalized spacial score (nSPS) is 15.1. The standard InChI is InChI=1S/C21H26FN3O/c1-21(2,3)16-8-10-17(11-9-16)23-20(26)25-14-12-24(13-15-25)19-7-5-4-6-18(19)22/h4-11H,12-15H2,1-3H3,(H,23,26). The number of nitrogens with zero attached hydrogens (tertiary/aromatic N) is 2. The third-order valence-electron chi connectivity index (χ3n) is 4.76. The Hall–Kier alpha value is -2.56. The van der Waals surface area contributed by atoms with Crippen molar-refractivity contribution in [3.8, 4) is 0 Å². The Balaban J connectivity index is 1.56. The quantitative estimate of drug-likeness (QED) is 0.862. The van der Waals surface area contributed by atoms with Crippen LogP contribution in [-0.4, -0.2) is 37.1 Å². The summed E-state index contributed by atoms with van der Waals surface area (Å²) in [5.41, 5.74) is 2.71. The highest BCUT2D eigenvalue weighted by atomic mass is 19.1. The van der Waals surface area contributed by atoms with E-state index in [2.05, 4.69) is 26.1 Å². The van der Waals surface area contributed by atoms with Crippen LogP contribution in [0, 0.1) is 5.82 Å². The molecule has 0 atom stereocenters. The van der Waals surface area contributed by atoms with Gasteiger partial charge in [-0.15, -0.1) is 0 Å². The highest BCUT2D eigenvalue weighted by Gasteiger charge is 2.23. The number of hydrogen-bond acceptors (Lipinski definition) is 2. The number of carbonyl (C=O) groups excluding carboxylic acids is 1. The molecule has 1 heterocycles. The molecule has 1 aliphatic heterocycles. The predicted octanol–water partition coefficient (Wildman–Crippen LogP) is 4.48. The maximum absolute atomic E-state index is 13.9. The molecule has 3 rings (SSSR count). The fraction of sp³-hybridized carbons (Fsp3) is 0.381. The van der Waals surface area contributed by atoms with Gasteiger partial charge in [-0.1, -0.05) is 45.0 Å². The van der Waals surface area contributed by atoms with Gasteiger partial charge in [-0.25, -0.2) is 9.18 Å². The molecule has 0 saturated carbocycles. The van der Waals surface area contributed by atoms with Crippen molar-refractivity contribution >= 4 is 17.4 Å². The van der Waals surface area contributed by atoms with Gasteiger partial charge in [-0.2, -0.15) is 0 Å². The van der Waals surface area contributed by atoms with Gasteiger partial charge in [0.15, 0.2) is 0 Å². The Morgan fingerprint density at radius 2 is 1.58 bits per heavy atom. The summed E-state index contributed by atoms with van der Waals surface area (Å²) < 4.78 is 13.9. The molecule has 4 nitrogen and oxygen atoms in total. The lowest BCUT2D eigenvalue weighted by molar-refractivity contribution is 0.208. The third-order valence-corrected chi connectivity index (χ3v) is 4.76. The summed E-state index contributed by atoms with van der Waals surface area (Å²) in [4.78, 5) is 16.2. The number of amides is 2. The maximum atomic E-state index is 13.9. The Morgan fingerprint density at radius 1 is 0.962 bits per heavy atom. The number of nitrogens with one attached hydrogen (secondary N) is 1. The van der Waals surface area contributed by atoms with Crippen LogP contribution in [0.2, 0.25) is 0 Å². The van der Waals surface area contributed by atoms with E-state index in [-0.39, 0.29) is 17.3 Å². The number of urea groups is 1. The van der Waals surface area contributed by atoms with E-state index in [4.69, 9.17) is 0 Å². The van der Waals surface area contributed by atoms with Crippen LogP contribution < -0.4 is 10.2 Å². The monoisotopic (exact) mass is 355 g/mol. The largest absolute Gasteiger partial charge is 0.366 e. The zero-order valence-electron chi connectivity index (χ0n) is 15.6. The van der Waals surface area contributed by atoms with Crippen molar-refractivity contribution in [3.05, 3.63) is 59.9 Å². The van der Waals surface area contributed by atoms with Crippen molar-refractivity contribution in [1.29, 1.82) is 0 Å². The number of piperazine rings is 1. The number of carbonyl (C=O) groups is 1. The molecule has 0 radical (unpaired) electrons. The Morgan fingerprint density at radius 3 is 2.15 bits per heavy atom. The van der Waals surface area contributed by atoms with E-state index in [0.29, 0.717) is 31.9 Å². The third kappa shape index (κ3) is 4.15. The summed E-state index contributed by atoms with van der Waals surface area (Å²) in [6.07, 6.45) is 0. The zero-order valence-corrected chi connectivity index (χ0v) is 15.6. The molecule has 26 heavy (non-hydrogen) atoms. The number of rotatable bonds is 2. The summed E-state index contributed by atoms with van der Waals surface area (Å²) >= 11 is 0. The van der Waals surface area contributed by atoms with Crippen LogP contribution in [0.15, 0.2) is 48.5 Å². The highest BCUT2D eigenvalue weighted by Crippen LogP contribution is 2.24. The first-order valence-corrected chi connectivity index (χ1v) is 9.00. The van der Waals surface area contributed by atoms with Gasteiger partial charge in [0.1, 0.15) is 5.82 Å². The molecule has 5 heteroatoms. The van der Waals surface area contributed by atoms with Crippen molar-refractivity contribution in [2.75, 3.05) is 36.4 Å². The summed E-state index contributed by atoms with van der Waals surface area (Å²) in [5, 5.41) is 2.95. The Labute approximate surface area is 154 Å². The first-order valence-electron chi connectivity index (χ1n) is 9.00. The van der Waals surface area contributed by atoms with Crippen molar-refractivity contribution in [1.82, 2.24) is 4.90 Å². The van der Waals surface area contributed by atoms with E-state index < -0.39 is 0 Å². The second-order valence-corrected chi connectivity index (χ2v) is 7.68. The Bertz CT molecular complexity index is 760. The Kier molecular flexibility index (Phi) is 5.16. The smallest absolute Gasteiger partial charge is 0.321 e. The lowest BCUT2D eigenvalue weighted by atomic mass is 9.87. The van der Waals surface area contributed by atoms with Crippen LogP contribution in [0.25, 0.3) is 0 Å². The van der Waals surface area contributed by atoms with Gasteiger partial charge in [0, 0.05) is 31.9 Å². The second-order valence-electron chi connectivity index (χ2n) is 7.68. The average molecular weight is 355 g/mol. The molecule has 2 amide bonds. The molecular formula is C21H26FN3O. The first-order chi connectivity index (χ1) is 12.3. The summed E-state index contributed by atoms with van der Waals surface area (Å²) in [6.45, 7) is 8.87. The fourth-order valence-electron chi connectivity index (χ4n) is 3.11. The van der Waals surface area contributed by atoms with Crippen LogP contribution in [0.1, 0.15) is 26.3 Å². The van der Waals surface area contributed by atoms with E-state index >= 15 is 0 Å². The van der Waals surface area contributed by atoms with Crippen LogP contribution in [-0.2, 0) is 5.41 Å². The van der Waals surface area contributed by atoms with Gasteiger partial charge in [0.25, 0.3) is 0 Å². The van der Waals surface area contributed by atoms with Crippen molar-refractivity contribution in [2.45, 2.75) is 26.2 Å². The van der Waals surface area contributed by atoms with Gasteiger partial charge in [-0.3, -0.25) is 0 Å². The summed E-state index contributed by atoms with van der Waals surface area (Å²) in [5.74, 6) is -0.218. The molecule has 0 aromatic heterocycles. The van der Waals surface area contributed by atoms with E-state index in [0.717, 1.165) is 5.69 Å². The minimum Gasteiger partial charge on any atom is -0.366 e. The molecule has 1 fully saturated rings. The molecule has 1 saturated heterocycles. The van der Waals surface area contributed by atoms with Crippen LogP contribution in [0.4, 0.5) is 20.6 Å². The average Bonchev–Trinajstić information content (AvgIpc) is 2.62. The van der Waals surface area contributed by atoms with E-state index in [1.54, 1.807) is 17.0 Å². The molecular weight excluding hydrogens is 329 g/mol. The number of benzene rings is 2. The molecule has 0 unspecified atom stereocenters. The lowest BCUT2D eigenvalue weighted by Crippen LogP contribution is -2.50. The molecule has 2 aromatic rings. The number of halogens is 1. The minimum absolute atomic E-state index is 0.0889. The van der Waals surface area contributed by atoms with E-state index in [1.165, 1.54) is 11.6 Å². The minimum atomic E-state index is -0.218. The fourth-order valence-corrected chi connectivity index (χ4v) is 3.11. The lowest BCUT2D eigenvalue weighted by Gasteiger charge is -2.36. The summed E-state index contributed by atoms with van der Waals surface area (Å²) in [7, 11) is 0. The molecule has 1 N–H and O–H groups in total. The van der Waals surface area contributed by atoms with Crippen LogP contribution >= 0.6 is 0 Å². The first kappa shape index (κ1) is 18.2. The molecule has 138 valence electrons. The zero-order chi connectivity index (χ0) is 18.7. The SMILES string of the molecule is CC(C)(C)c1ccc(NC(=O)N2CCN(c3ccccc3F)CC2)cc1. The van der Waals surface area contributed by atoms with Gasteiger partial charge in [0.05, 0.1) is 5.69 Å². The van der Waals surface area contributed by atoms with Gasteiger partial charge < -0.3 is 15.1 Å². The molecule has 0 bridgehead atoms. The molecule has 2 aromatic carbocycles. The van der Waals surface area contributed by atoms with E-state index in [1.807, 2.05) is 35.2 Å². The van der Waals surface area contributed by atoms with Crippen LogP contribution in [0.5, 0.6) is 0 Å². The molecule has 0 aliphatic carbocycles. The van der Waals surface area contributed by atoms with Crippen molar-refractivity contribution in [2.24, 2.45) is 0 Å². The van der Waals surface area contributed by atoms with Gasteiger partial charge in [0.2, 0.25) is 0 Å². The van der Waals surface area contributed by atoms with Crippen molar-refractivity contribution in [3.63, 3.8) is 0 Å².